The molecule has 2 heterocycles. The lowest BCUT2D eigenvalue weighted by Crippen LogP contribution is -2.33. The van der Waals surface area contributed by atoms with E-state index in [1.807, 2.05) is 6.92 Å². The van der Waals surface area contributed by atoms with Crippen LogP contribution < -0.4 is 10.9 Å². The summed E-state index contributed by atoms with van der Waals surface area (Å²) in [6, 6.07) is 8.46. The van der Waals surface area contributed by atoms with Crippen LogP contribution in [0.2, 0.25) is 0 Å². The molecule has 2 amide bonds. The van der Waals surface area contributed by atoms with Crippen molar-refractivity contribution in [1.82, 2.24) is 14.5 Å². The first-order valence-corrected chi connectivity index (χ1v) is 10.2. The Morgan fingerprint density at radius 2 is 1.97 bits per heavy atom. The lowest BCUT2D eigenvalue weighted by molar-refractivity contribution is -0.116. The Bertz CT molecular complexity index is 1080. The van der Waals surface area contributed by atoms with Crippen molar-refractivity contribution in [3.05, 3.63) is 81.5 Å². The zero-order valence-electron chi connectivity index (χ0n) is 16.5. The molecule has 0 saturated carbocycles. The van der Waals surface area contributed by atoms with Crippen LogP contribution in [0.25, 0.3) is 0 Å². The van der Waals surface area contributed by atoms with Crippen LogP contribution in [0.5, 0.6) is 0 Å². The fraction of sp³-hybridized carbons (Fsp3) is 0.238. The highest BCUT2D eigenvalue weighted by Crippen LogP contribution is 2.24. The Balaban J connectivity index is 1.78. The van der Waals surface area contributed by atoms with E-state index in [0.717, 1.165) is 5.56 Å². The summed E-state index contributed by atoms with van der Waals surface area (Å²) in [4.78, 5) is 42.9. The number of aromatic nitrogens is 2. The lowest BCUT2D eigenvalue weighted by atomic mass is 10.0. The predicted molar refractivity (Wildman–Crippen MR) is 113 cm³/mol. The SMILES string of the molecule is CC[C@H](c1ccc(F)cc1)N(C)C(=O)c1ccc(=O)n(CC(=O)Nc2nccs2)c1. The molecule has 0 aliphatic carbocycles. The van der Waals surface area contributed by atoms with Gasteiger partial charge in [0.2, 0.25) is 5.91 Å². The number of amides is 2. The van der Waals surface area contributed by atoms with Gasteiger partial charge in [-0.3, -0.25) is 14.4 Å². The molecule has 9 heteroatoms. The number of carbonyl (C=O) groups is 2. The van der Waals surface area contributed by atoms with Crippen LogP contribution in [0.15, 0.2) is 59.0 Å². The summed E-state index contributed by atoms with van der Waals surface area (Å²) in [5, 5.41) is 4.76. The molecule has 7 nitrogen and oxygen atoms in total. The van der Waals surface area contributed by atoms with Gasteiger partial charge in [-0.15, -0.1) is 11.3 Å². The number of thiazole rings is 1. The van der Waals surface area contributed by atoms with Crippen LogP contribution in [0, 0.1) is 5.82 Å². The summed E-state index contributed by atoms with van der Waals surface area (Å²) in [6.07, 6.45) is 3.57. The van der Waals surface area contributed by atoms with Gasteiger partial charge in [-0.25, -0.2) is 9.37 Å². The van der Waals surface area contributed by atoms with Gasteiger partial charge in [0, 0.05) is 30.9 Å². The van der Waals surface area contributed by atoms with Crippen LogP contribution in [0.1, 0.15) is 35.3 Å². The molecule has 0 radical (unpaired) electrons. The second kappa shape index (κ2) is 9.45. The number of nitrogens with zero attached hydrogens (tertiary/aromatic N) is 3. The fourth-order valence-corrected chi connectivity index (χ4v) is 3.69. The quantitative estimate of drug-likeness (QED) is 0.626. The second-order valence-electron chi connectivity index (χ2n) is 6.66. The Hall–Kier alpha value is -3.33. The highest BCUT2D eigenvalue weighted by molar-refractivity contribution is 7.13. The predicted octanol–water partition coefficient (Wildman–Crippen LogP) is 3.31. The highest BCUT2D eigenvalue weighted by atomic mass is 32.1. The minimum atomic E-state index is -0.414. The molecule has 3 rings (SSSR count). The van der Waals surface area contributed by atoms with Gasteiger partial charge in [-0.05, 0) is 30.2 Å². The molecule has 1 aromatic carbocycles. The third-order valence-electron chi connectivity index (χ3n) is 4.65. The topological polar surface area (TPSA) is 84.3 Å². The van der Waals surface area contributed by atoms with Gasteiger partial charge >= 0.3 is 0 Å². The molecule has 0 aliphatic rings. The van der Waals surface area contributed by atoms with Gasteiger partial charge in [0.15, 0.2) is 5.13 Å². The van der Waals surface area contributed by atoms with E-state index in [-0.39, 0.29) is 29.9 Å². The Morgan fingerprint density at radius 3 is 2.60 bits per heavy atom. The zero-order valence-corrected chi connectivity index (χ0v) is 17.4. The molecule has 0 aliphatic heterocycles. The van der Waals surface area contributed by atoms with Crippen molar-refractivity contribution >= 4 is 28.3 Å². The molecule has 0 fully saturated rings. The van der Waals surface area contributed by atoms with E-state index in [4.69, 9.17) is 0 Å². The van der Waals surface area contributed by atoms with Crippen LogP contribution >= 0.6 is 11.3 Å². The maximum absolute atomic E-state index is 13.2. The first kappa shape index (κ1) is 21.4. The van der Waals surface area contributed by atoms with E-state index < -0.39 is 11.5 Å². The molecule has 0 bridgehead atoms. The minimum Gasteiger partial charge on any atom is -0.335 e. The minimum absolute atomic E-state index is 0.238. The molecule has 3 aromatic rings. The number of carbonyl (C=O) groups excluding carboxylic acids is 2. The van der Waals surface area contributed by atoms with Crippen LogP contribution in [-0.4, -0.2) is 33.3 Å². The summed E-state index contributed by atoms with van der Waals surface area (Å²) >= 11 is 1.27. The molecule has 2 aromatic heterocycles. The lowest BCUT2D eigenvalue weighted by Gasteiger charge is -2.28. The Morgan fingerprint density at radius 1 is 1.23 bits per heavy atom. The van der Waals surface area contributed by atoms with Crippen molar-refractivity contribution in [1.29, 1.82) is 0 Å². The molecule has 156 valence electrons. The molecule has 0 saturated heterocycles. The highest BCUT2D eigenvalue weighted by Gasteiger charge is 2.22. The molecule has 0 spiro atoms. The van der Waals surface area contributed by atoms with Crippen LogP contribution in [0.3, 0.4) is 0 Å². The van der Waals surface area contributed by atoms with E-state index in [9.17, 15) is 18.8 Å². The third-order valence-corrected chi connectivity index (χ3v) is 5.34. The Labute approximate surface area is 176 Å². The van der Waals surface area contributed by atoms with E-state index in [2.05, 4.69) is 10.3 Å². The average Bonchev–Trinajstić information content (AvgIpc) is 3.23. The van der Waals surface area contributed by atoms with E-state index in [1.165, 1.54) is 46.4 Å². The van der Waals surface area contributed by atoms with Gasteiger partial charge in [0.1, 0.15) is 12.4 Å². The normalized spacial score (nSPS) is 11.7. The van der Waals surface area contributed by atoms with Gasteiger partial charge in [-0.1, -0.05) is 19.1 Å². The summed E-state index contributed by atoms with van der Waals surface area (Å²) in [5.74, 6) is -1.06. The molecule has 0 unspecified atom stereocenters. The van der Waals surface area contributed by atoms with E-state index in [0.29, 0.717) is 11.6 Å². The van der Waals surface area contributed by atoms with Crippen molar-refractivity contribution in [2.24, 2.45) is 0 Å². The summed E-state index contributed by atoms with van der Waals surface area (Å²) in [5.41, 5.74) is 0.694. The fourth-order valence-electron chi connectivity index (χ4n) is 3.14. The van der Waals surface area contributed by atoms with Crippen molar-refractivity contribution in [2.75, 3.05) is 12.4 Å². The molecular weight excluding hydrogens is 407 g/mol. The molecular formula is C21H21FN4O3S. The average molecular weight is 428 g/mol. The van der Waals surface area contributed by atoms with E-state index >= 15 is 0 Å². The van der Waals surface area contributed by atoms with E-state index in [1.54, 1.807) is 35.7 Å². The zero-order chi connectivity index (χ0) is 21.7. The second-order valence-corrected chi connectivity index (χ2v) is 7.56. The monoisotopic (exact) mass is 428 g/mol. The maximum atomic E-state index is 13.2. The Kier molecular flexibility index (Phi) is 6.73. The molecule has 1 N–H and O–H groups in total. The third kappa shape index (κ3) is 4.98. The number of hydrogen-bond acceptors (Lipinski definition) is 5. The molecule has 1 atom stereocenters. The van der Waals surface area contributed by atoms with Crippen LogP contribution in [0.4, 0.5) is 9.52 Å². The summed E-state index contributed by atoms with van der Waals surface area (Å²) in [6.45, 7) is 1.69. The standard InChI is InChI=1S/C21H21FN4O3S/c1-3-17(14-4-7-16(22)8-5-14)25(2)20(29)15-6-9-19(28)26(12-15)13-18(27)24-21-23-10-11-30-21/h4-12,17H,3,13H2,1-2H3,(H,23,24,27)/t17-/m1/s1. The van der Waals surface area contributed by atoms with Crippen molar-refractivity contribution < 1.29 is 14.0 Å². The first-order chi connectivity index (χ1) is 14.4. The molecule has 30 heavy (non-hydrogen) atoms. The number of hydrogen-bond donors (Lipinski definition) is 1. The van der Waals surface area contributed by atoms with Gasteiger partial charge in [0.05, 0.1) is 11.6 Å². The van der Waals surface area contributed by atoms with Gasteiger partial charge in [0.25, 0.3) is 11.5 Å². The maximum Gasteiger partial charge on any atom is 0.255 e. The number of benzene rings is 1. The van der Waals surface area contributed by atoms with Crippen LogP contribution in [-0.2, 0) is 11.3 Å². The van der Waals surface area contributed by atoms with Gasteiger partial charge < -0.3 is 14.8 Å². The van der Waals surface area contributed by atoms with Gasteiger partial charge in [-0.2, -0.15) is 0 Å². The number of anilines is 1. The number of pyridine rings is 1. The van der Waals surface area contributed by atoms with Crippen molar-refractivity contribution in [3.63, 3.8) is 0 Å². The number of nitrogens with one attached hydrogen (secondary N) is 1. The first-order valence-electron chi connectivity index (χ1n) is 9.31. The van der Waals surface area contributed by atoms with Crippen molar-refractivity contribution in [3.8, 4) is 0 Å². The number of halogens is 1. The number of rotatable bonds is 7. The smallest absolute Gasteiger partial charge is 0.255 e. The largest absolute Gasteiger partial charge is 0.335 e. The van der Waals surface area contributed by atoms with Crippen molar-refractivity contribution in [2.45, 2.75) is 25.9 Å². The summed E-state index contributed by atoms with van der Waals surface area (Å²) in [7, 11) is 1.66. The summed E-state index contributed by atoms with van der Waals surface area (Å²) < 4.78 is 14.4.